The van der Waals surface area contributed by atoms with E-state index in [2.05, 4.69) is 6.07 Å². The fourth-order valence-corrected chi connectivity index (χ4v) is 2.56. The van der Waals surface area contributed by atoms with Crippen LogP contribution in [0.15, 0.2) is 42.5 Å². The third-order valence-electron chi connectivity index (χ3n) is 3.50. The van der Waals surface area contributed by atoms with E-state index in [1.165, 1.54) is 12.1 Å². The molecule has 103 valence electrons. The van der Waals surface area contributed by atoms with E-state index in [1.807, 2.05) is 17.0 Å². The van der Waals surface area contributed by atoms with Gasteiger partial charge in [0.25, 0.3) is 0 Å². The average Bonchev–Trinajstić information content (AvgIpc) is 2.46. The minimum atomic E-state index is -4.31. The average molecular weight is 276 g/mol. The van der Waals surface area contributed by atoms with Gasteiger partial charge in [-0.3, -0.25) is 0 Å². The molecule has 1 aliphatic rings. The lowest BCUT2D eigenvalue weighted by atomic mass is 10.0. The van der Waals surface area contributed by atoms with Gasteiger partial charge in [-0.25, -0.2) is 0 Å². The quantitative estimate of drug-likeness (QED) is 0.736. The summed E-state index contributed by atoms with van der Waals surface area (Å²) >= 11 is 0. The maximum Gasteiger partial charge on any atom is 0.416 e. The van der Waals surface area contributed by atoms with Crippen LogP contribution in [-0.4, -0.2) is 6.54 Å². The minimum Gasteiger partial charge on any atom is -0.341 e. The third-order valence-corrected chi connectivity index (χ3v) is 3.50. The van der Waals surface area contributed by atoms with Gasteiger partial charge in [-0.05, 0) is 36.6 Å². The van der Waals surface area contributed by atoms with Gasteiger partial charge in [0, 0.05) is 18.3 Å². The van der Waals surface area contributed by atoms with Crippen LogP contribution >= 0.6 is 0 Å². The van der Waals surface area contributed by atoms with Crippen LogP contribution in [0.1, 0.15) is 17.5 Å². The van der Waals surface area contributed by atoms with Crippen LogP contribution in [0.4, 0.5) is 24.5 Å². The molecule has 20 heavy (non-hydrogen) atoms. The van der Waals surface area contributed by atoms with Crippen molar-refractivity contribution < 1.29 is 13.2 Å². The lowest BCUT2D eigenvalue weighted by molar-refractivity contribution is -0.137. The third kappa shape index (κ3) is 2.38. The minimum absolute atomic E-state index is 0.572. The summed E-state index contributed by atoms with van der Waals surface area (Å²) in [6.07, 6.45) is -2.43. The van der Waals surface area contributed by atoms with Gasteiger partial charge < -0.3 is 4.90 Å². The zero-order valence-electron chi connectivity index (χ0n) is 10.7. The number of benzene rings is 2. The number of hydrogen-bond acceptors (Lipinski definition) is 1. The Kier molecular flexibility index (Phi) is 3.16. The first-order valence-corrected chi connectivity index (χ1v) is 6.50. The van der Waals surface area contributed by atoms with E-state index in [1.54, 1.807) is 12.1 Å². The van der Waals surface area contributed by atoms with Crippen molar-refractivity contribution in [1.29, 1.82) is 0 Å². The van der Waals surface area contributed by atoms with E-state index >= 15 is 0 Å². The number of nitrogens with zero attached hydrogens (tertiary/aromatic N) is 1. The number of para-hydroxylation sites is 1. The van der Waals surface area contributed by atoms with Gasteiger partial charge in [0.05, 0.1) is 11.3 Å². The standard InChI is InChI=1S/C16H13F3N/c17-16(18,19)13-7-3-8-14(11-13)20-10-4-6-12-5-1-2-9-15(12)20/h1-3,5,7-8,11H,4,6,10H2. The Morgan fingerprint density at radius 2 is 1.95 bits per heavy atom. The van der Waals surface area contributed by atoms with Gasteiger partial charge in [0.15, 0.2) is 0 Å². The van der Waals surface area contributed by atoms with Gasteiger partial charge in [-0.1, -0.05) is 24.3 Å². The van der Waals surface area contributed by atoms with Gasteiger partial charge in [-0.2, -0.15) is 13.2 Å². The van der Waals surface area contributed by atoms with E-state index in [0.29, 0.717) is 5.69 Å². The molecular weight excluding hydrogens is 263 g/mol. The molecule has 0 N–H and O–H groups in total. The van der Waals surface area contributed by atoms with Crippen molar-refractivity contribution in [3.63, 3.8) is 0 Å². The Labute approximate surface area is 115 Å². The van der Waals surface area contributed by atoms with Crippen molar-refractivity contribution in [1.82, 2.24) is 0 Å². The van der Waals surface area contributed by atoms with Crippen LogP contribution < -0.4 is 4.90 Å². The highest BCUT2D eigenvalue weighted by Gasteiger charge is 2.31. The molecule has 0 aliphatic carbocycles. The van der Waals surface area contributed by atoms with Gasteiger partial charge in [0.1, 0.15) is 0 Å². The number of alkyl halides is 3. The topological polar surface area (TPSA) is 3.24 Å². The molecule has 4 heteroatoms. The molecule has 0 saturated heterocycles. The number of aryl methyl sites for hydroxylation is 1. The molecule has 0 aromatic heterocycles. The van der Waals surface area contributed by atoms with Crippen molar-refractivity contribution in [2.24, 2.45) is 0 Å². The summed E-state index contributed by atoms with van der Waals surface area (Å²) in [5.74, 6) is 0. The molecule has 1 nitrogen and oxygen atoms in total. The molecule has 0 bridgehead atoms. The van der Waals surface area contributed by atoms with Crippen LogP contribution in [-0.2, 0) is 12.6 Å². The van der Waals surface area contributed by atoms with E-state index in [0.717, 1.165) is 36.7 Å². The molecule has 2 aromatic rings. The molecule has 0 atom stereocenters. The van der Waals surface area contributed by atoms with E-state index in [9.17, 15) is 13.2 Å². The molecular formula is C16H13F3N. The summed E-state index contributed by atoms with van der Waals surface area (Å²) in [6.45, 7) is 0.717. The predicted octanol–water partition coefficient (Wildman–Crippen LogP) is 4.59. The molecule has 0 unspecified atom stereocenters. The second kappa shape index (κ2) is 4.85. The van der Waals surface area contributed by atoms with E-state index in [-0.39, 0.29) is 0 Å². The van der Waals surface area contributed by atoms with Crippen molar-refractivity contribution in [3.8, 4) is 0 Å². The van der Waals surface area contributed by atoms with Crippen molar-refractivity contribution in [2.75, 3.05) is 11.4 Å². The summed E-state index contributed by atoms with van der Waals surface area (Å²) < 4.78 is 38.4. The highest BCUT2D eigenvalue weighted by Crippen LogP contribution is 2.36. The molecule has 2 aromatic carbocycles. The molecule has 0 fully saturated rings. The summed E-state index contributed by atoms with van der Waals surface area (Å²) in [4.78, 5) is 1.91. The predicted molar refractivity (Wildman–Crippen MR) is 72.0 cm³/mol. The SMILES string of the molecule is FC(F)(F)c1cccc(N2CCCc3ccc[c]c32)c1. The molecule has 0 amide bonds. The van der Waals surface area contributed by atoms with E-state index in [4.69, 9.17) is 0 Å². The maximum absolute atomic E-state index is 12.8. The summed E-state index contributed by atoms with van der Waals surface area (Å²) in [7, 11) is 0. The number of anilines is 2. The number of fused-ring (bicyclic) bond motifs is 1. The summed E-state index contributed by atoms with van der Waals surface area (Å²) in [5, 5.41) is 0. The van der Waals surface area contributed by atoms with Crippen molar-refractivity contribution >= 4 is 11.4 Å². The Balaban J connectivity index is 2.03. The first-order chi connectivity index (χ1) is 9.55. The first kappa shape index (κ1) is 13.0. The van der Waals surface area contributed by atoms with Crippen LogP contribution in [0.3, 0.4) is 0 Å². The lowest BCUT2D eigenvalue weighted by Gasteiger charge is -2.31. The van der Waals surface area contributed by atoms with Gasteiger partial charge in [0.2, 0.25) is 0 Å². The second-order valence-corrected chi connectivity index (χ2v) is 4.85. The smallest absolute Gasteiger partial charge is 0.341 e. The van der Waals surface area contributed by atoms with Crippen LogP contribution in [0.5, 0.6) is 0 Å². The Morgan fingerprint density at radius 1 is 1.10 bits per heavy atom. The fourth-order valence-electron chi connectivity index (χ4n) is 2.56. The van der Waals surface area contributed by atoms with Crippen molar-refractivity contribution in [2.45, 2.75) is 19.0 Å². The van der Waals surface area contributed by atoms with Crippen molar-refractivity contribution in [3.05, 3.63) is 59.7 Å². The monoisotopic (exact) mass is 276 g/mol. The van der Waals surface area contributed by atoms with Gasteiger partial charge >= 0.3 is 6.18 Å². The number of halogens is 3. The summed E-state index contributed by atoms with van der Waals surface area (Å²) in [6, 6.07) is 14.3. The highest BCUT2D eigenvalue weighted by molar-refractivity contribution is 5.67. The lowest BCUT2D eigenvalue weighted by Crippen LogP contribution is -2.24. The Morgan fingerprint density at radius 3 is 2.75 bits per heavy atom. The normalized spacial score (nSPS) is 15.1. The zero-order valence-corrected chi connectivity index (χ0v) is 10.7. The summed E-state index contributed by atoms with van der Waals surface area (Å²) in [5.41, 5.74) is 1.98. The van der Waals surface area contributed by atoms with Crippen LogP contribution in [0.25, 0.3) is 0 Å². The molecule has 1 aliphatic heterocycles. The van der Waals surface area contributed by atoms with Gasteiger partial charge in [-0.15, -0.1) is 0 Å². The number of rotatable bonds is 1. The second-order valence-electron chi connectivity index (χ2n) is 4.85. The van der Waals surface area contributed by atoms with Crippen LogP contribution in [0, 0.1) is 6.07 Å². The number of hydrogen-bond donors (Lipinski definition) is 0. The Hall–Kier alpha value is -1.97. The van der Waals surface area contributed by atoms with Crippen LogP contribution in [0.2, 0.25) is 0 Å². The fraction of sp³-hybridized carbons (Fsp3) is 0.250. The molecule has 1 radical (unpaired) electrons. The van der Waals surface area contributed by atoms with E-state index < -0.39 is 11.7 Å². The molecule has 3 rings (SSSR count). The maximum atomic E-state index is 12.8. The molecule has 0 spiro atoms. The highest BCUT2D eigenvalue weighted by atomic mass is 19.4. The molecule has 1 heterocycles. The zero-order chi connectivity index (χ0) is 14.2. The molecule has 0 saturated carbocycles. The first-order valence-electron chi connectivity index (χ1n) is 6.50. The Bertz CT molecular complexity index is 619. The largest absolute Gasteiger partial charge is 0.416 e.